The SMILES string of the molecule is NS(=O)(=O)c1ccc(CCC(=O)OCC(=O)Nc2ccc(C(F)(F)F)cc2)cc1. The van der Waals surface area contributed by atoms with Crippen molar-refractivity contribution in [2.45, 2.75) is 23.9 Å². The summed E-state index contributed by atoms with van der Waals surface area (Å²) in [6.07, 6.45) is -4.27. The molecule has 29 heavy (non-hydrogen) atoms. The summed E-state index contributed by atoms with van der Waals surface area (Å²) < 4.78 is 64.6. The van der Waals surface area contributed by atoms with E-state index in [0.29, 0.717) is 5.56 Å². The molecule has 0 spiro atoms. The Hall–Kier alpha value is -2.92. The second kappa shape index (κ2) is 9.05. The van der Waals surface area contributed by atoms with E-state index in [-0.39, 0.29) is 23.4 Å². The molecule has 0 unspecified atom stereocenters. The van der Waals surface area contributed by atoms with Crippen LogP contribution in [0.15, 0.2) is 53.4 Å². The van der Waals surface area contributed by atoms with Gasteiger partial charge in [0, 0.05) is 12.1 Å². The van der Waals surface area contributed by atoms with Gasteiger partial charge in [0.25, 0.3) is 5.91 Å². The summed E-state index contributed by atoms with van der Waals surface area (Å²) in [6.45, 7) is -0.593. The summed E-state index contributed by atoms with van der Waals surface area (Å²) in [5.74, 6) is -1.36. The number of aryl methyl sites for hydroxylation is 1. The Morgan fingerprint density at radius 3 is 2.10 bits per heavy atom. The molecule has 0 fully saturated rings. The van der Waals surface area contributed by atoms with E-state index >= 15 is 0 Å². The number of rotatable bonds is 7. The fourth-order valence-electron chi connectivity index (χ4n) is 2.25. The normalized spacial score (nSPS) is 11.7. The van der Waals surface area contributed by atoms with Crippen molar-refractivity contribution in [2.24, 2.45) is 5.14 Å². The van der Waals surface area contributed by atoms with Crippen LogP contribution in [0.3, 0.4) is 0 Å². The maximum absolute atomic E-state index is 12.5. The molecule has 0 radical (unpaired) electrons. The van der Waals surface area contributed by atoms with Crippen LogP contribution in [0.4, 0.5) is 18.9 Å². The molecule has 0 aliphatic carbocycles. The number of anilines is 1. The third-order valence-electron chi connectivity index (χ3n) is 3.73. The van der Waals surface area contributed by atoms with E-state index in [4.69, 9.17) is 9.88 Å². The molecular formula is C18H17F3N2O5S. The average molecular weight is 430 g/mol. The number of amides is 1. The molecule has 11 heteroatoms. The zero-order chi connectivity index (χ0) is 21.7. The summed E-state index contributed by atoms with van der Waals surface area (Å²) in [5, 5.41) is 7.31. The van der Waals surface area contributed by atoms with Crippen LogP contribution in [0.25, 0.3) is 0 Å². The summed E-state index contributed by atoms with van der Waals surface area (Å²) in [4.78, 5) is 23.4. The third-order valence-corrected chi connectivity index (χ3v) is 4.66. The number of alkyl halides is 3. The number of benzene rings is 2. The Kier molecular flexibility index (Phi) is 6.98. The summed E-state index contributed by atoms with van der Waals surface area (Å²) >= 11 is 0. The van der Waals surface area contributed by atoms with E-state index in [1.807, 2.05) is 0 Å². The van der Waals surface area contributed by atoms with Gasteiger partial charge in [0.2, 0.25) is 10.0 Å². The number of hydrogen-bond donors (Lipinski definition) is 2. The quantitative estimate of drug-likeness (QED) is 0.655. The largest absolute Gasteiger partial charge is 0.456 e. The van der Waals surface area contributed by atoms with Gasteiger partial charge in [-0.1, -0.05) is 12.1 Å². The highest BCUT2D eigenvalue weighted by atomic mass is 32.2. The van der Waals surface area contributed by atoms with Crippen molar-refractivity contribution in [3.63, 3.8) is 0 Å². The fourth-order valence-corrected chi connectivity index (χ4v) is 2.77. The zero-order valence-corrected chi connectivity index (χ0v) is 15.7. The summed E-state index contributed by atoms with van der Waals surface area (Å²) in [7, 11) is -3.80. The van der Waals surface area contributed by atoms with Gasteiger partial charge in [0.1, 0.15) is 0 Å². The Labute approximate surface area is 164 Å². The molecule has 0 saturated heterocycles. The average Bonchev–Trinajstić information content (AvgIpc) is 2.64. The van der Waals surface area contributed by atoms with Gasteiger partial charge in [0.05, 0.1) is 10.5 Å². The number of nitrogens with two attached hydrogens (primary N) is 1. The van der Waals surface area contributed by atoms with Crippen LogP contribution in [-0.2, 0) is 36.9 Å². The molecule has 0 bridgehead atoms. The standard InChI is InChI=1S/C18H17F3N2O5S/c19-18(20,21)13-4-6-14(7-5-13)23-16(24)11-28-17(25)10-3-12-1-8-15(9-2-12)29(22,26)27/h1-2,4-9H,3,10-11H2,(H,23,24)(H2,22,26,27). The topological polar surface area (TPSA) is 116 Å². The molecule has 0 aliphatic rings. The Balaban J connectivity index is 1.76. The van der Waals surface area contributed by atoms with Gasteiger partial charge in [-0.05, 0) is 48.4 Å². The second-order valence-electron chi connectivity index (χ2n) is 5.97. The highest BCUT2D eigenvalue weighted by molar-refractivity contribution is 7.89. The van der Waals surface area contributed by atoms with Gasteiger partial charge in [-0.2, -0.15) is 13.2 Å². The number of primary sulfonamides is 1. The van der Waals surface area contributed by atoms with Gasteiger partial charge in [-0.25, -0.2) is 13.6 Å². The van der Waals surface area contributed by atoms with E-state index in [2.05, 4.69) is 5.32 Å². The molecular weight excluding hydrogens is 413 g/mol. The molecule has 2 aromatic carbocycles. The minimum atomic E-state index is -4.48. The number of esters is 1. The molecule has 1 amide bonds. The number of sulfonamides is 1. The fraction of sp³-hybridized carbons (Fsp3) is 0.222. The lowest BCUT2D eigenvalue weighted by Gasteiger charge is -2.09. The monoisotopic (exact) mass is 430 g/mol. The van der Waals surface area contributed by atoms with Crippen molar-refractivity contribution >= 4 is 27.6 Å². The number of halogens is 3. The molecule has 0 saturated carbocycles. The lowest BCUT2D eigenvalue weighted by atomic mass is 10.1. The van der Waals surface area contributed by atoms with E-state index in [1.54, 1.807) is 0 Å². The maximum Gasteiger partial charge on any atom is 0.416 e. The summed E-state index contributed by atoms with van der Waals surface area (Å²) in [5.41, 5.74) is -0.0448. The Bertz CT molecular complexity index is 972. The molecule has 0 heterocycles. The minimum Gasteiger partial charge on any atom is -0.456 e. The summed E-state index contributed by atoms with van der Waals surface area (Å²) in [6, 6.07) is 9.46. The molecule has 156 valence electrons. The van der Waals surface area contributed by atoms with Crippen molar-refractivity contribution in [3.8, 4) is 0 Å². The van der Waals surface area contributed by atoms with Gasteiger partial charge < -0.3 is 10.1 Å². The predicted octanol–water partition coefficient (Wildman–Crippen LogP) is 2.47. The van der Waals surface area contributed by atoms with Crippen LogP contribution in [0.2, 0.25) is 0 Å². The van der Waals surface area contributed by atoms with Crippen molar-refractivity contribution in [3.05, 3.63) is 59.7 Å². The van der Waals surface area contributed by atoms with Crippen molar-refractivity contribution in [2.75, 3.05) is 11.9 Å². The lowest BCUT2D eigenvalue weighted by molar-refractivity contribution is -0.147. The predicted molar refractivity (Wildman–Crippen MR) is 97.2 cm³/mol. The highest BCUT2D eigenvalue weighted by Crippen LogP contribution is 2.29. The lowest BCUT2D eigenvalue weighted by Crippen LogP contribution is -2.21. The van der Waals surface area contributed by atoms with E-state index in [0.717, 1.165) is 24.3 Å². The van der Waals surface area contributed by atoms with E-state index in [9.17, 15) is 31.2 Å². The molecule has 7 nitrogen and oxygen atoms in total. The van der Waals surface area contributed by atoms with Crippen molar-refractivity contribution in [1.29, 1.82) is 0 Å². The first-order valence-electron chi connectivity index (χ1n) is 8.19. The molecule has 0 aromatic heterocycles. The molecule has 0 aliphatic heterocycles. The number of carbonyl (C=O) groups excluding carboxylic acids is 2. The van der Waals surface area contributed by atoms with Crippen molar-refractivity contribution < 1.29 is 35.9 Å². The third kappa shape index (κ3) is 7.20. The maximum atomic E-state index is 12.5. The Morgan fingerprint density at radius 2 is 1.59 bits per heavy atom. The minimum absolute atomic E-state index is 0.0521. The molecule has 2 aromatic rings. The van der Waals surface area contributed by atoms with Gasteiger partial charge in [0.15, 0.2) is 6.61 Å². The molecule has 2 rings (SSSR count). The van der Waals surface area contributed by atoms with Crippen LogP contribution in [0.5, 0.6) is 0 Å². The van der Waals surface area contributed by atoms with Crippen LogP contribution >= 0.6 is 0 Å². The first-order chi connectivity index (χ1) is 13.4. The molecule has 0 atom stereocenters. The van der Waals surface area contributed by atoms with Gasteiger partial charge in [-0.15, -0.1) is 0 Å². The van der Waals surface area contributed by atoms with Crippen LogP contribution in [0, 0.1) is 0 Å². The second-order valence-corrected chi connectivity index (χ2v) is 7.53. The molecule has 3 N–H and O–H groups in total. The highest BCUT2D eigenvalue weighted by Gasteiger charge is 2.30. The van der Waals surface area contributed by atoms with E-state index in [1.165, 1.54) is 24.3 Å². The van der Waals surface area contributed by atoms with Gasteiger partial charge in [-0.3, -0.25) is 9.59 Å². The number of nitrogens with one attached hydrogen (secondary N) is 1. The zero-order valence-electron chi connectivity index (χ0n) is 14.9. The van der Waals surface area contributed by atoms with Gasteiger partial charge >= 0.3 is 12.1 Å². The van der Waals surface area contributed by atoms with Crippen LogP contribution in [-0.4, -0.2) is 26.9 Å². The Morgan fingerprint density at radius 1 is 1.00 bits per heavy atom. The van der Waals surface area contributed by atoms with Crippen LogP contribution < -0.4 is 10.5 Å². The van der Waals surface area contributed by atoms with E-state index < -0.39 is 40.2 Å². The van der Waals surface area contributed by atoms with Crippen molar-refractivity contribution in [1.82, 2.24) is 0 Å². The first kappa shape index (κ1) is 22.4. The number of carbonyl (C=O) groups is 2. The smallest absolute Gasteiger partial charge is 0.416 e. The number of hydrogen-bond acceptors (Lipinski definition) is 5. The van der Waals surface area contributed by atoms with Crippen LogP contribution in [0.1, 0.15) is 17.5 Å². The number of ether oxygens (including phenoxy) is 1. The first-order valence-corrected chi connectivity index (χ1v) is 9.74.